The fraction of sp³-hybridized carbons (Fsp3) is 0.643. The van der Waals surface area contributed by atoms with Gasteiger partial charge in [0.15, 0.2) is 0 Å². The number of carbonyl (C=O) groups excluding carboxylic acids is 1. The molecule has 2 unspecified atom stereocenters. The minimum atomic E-state index is -0.164. The molecule has 0 bridgehead atoms. The Balaban J connectivity index is 2.44. The first-order valence-corrected chi connectivity index (χ1v) is 7.56. The third-order valence-corrected chi connectivity index (χ3v) is 4.25. The molecule has 0 aliphatic heterocycles. The van der Waals surface area contributed by atoms with Crippen LogP contribution in [0.4, 0.5) is 0 Å². The third kappa shape index (κ3) is 4.42. The average Bonchev–Trinajstić information content (AvgIpc) is 2.89. The number of hydrogen-bond acceptors (Lipinski definition) is 3. The summed E-state index contributed by atoms with van der Waals surface area (Å²) in [4.78, 5) is 13.3. The molecule has 102 valence electrons. The van der Waals surface area contributed by atoms with Gasteiger partial charge in [-0.25, -0.2) is 0 Å². The van der Waals surface area contributed by atoms with Crippen LogP contribution in [0.5, 0.6) is 0 Å². The molecule has 1 aromatic heterocycles. The Morgan fingerprint density at radius 1 is 1.33 bits per heavy atom. The highest BCUT2D eigenvalue weighted by molar-refractivity contribution is 7.10. The summed E-state index contributed by atoms with van der Waals surface area (Å²) in [5.74, 6) is 0.0899. The fourth-order valence-electron chi connectivity index (χ4n) is 1.89. The van der Waals surface area contributed by atoms with Gasteiger partial charge in [0.2, 0.25) is 5.91 Å². The van der Waals surface area contributed by atoms with Gasteiger partial charge in [-0.05, 0) is 38.1 Å². The van der Waals surface area contributed by atoms with Crippen molar-refractivity contribution in [1.82, 2.24) is 10.6 Å². The lowest BCUT2D eigenvalue weighted by molar-refractivity contribution is -0.123. The molecule has 0 aliphatic carbocycles. The van der Waals surface area contributed by atoms with Gasteiger partial charge in [-0.2, -0.15) is 0 Å². The van der Waals surface area contributed by atoms with Gasteiger partial charge in [0, 0.05) is 17.0 Å². The highest BCUT2D eigenvalue weighted by Crippen LogP contribution is 2.18. The number of nitrogens with one attached hydrogen (secondary N) is 2. The van der Waals surface area contributed by atoms with E-state index in [0.29, 0.717) is 6.04 Å². The van der Waals surface area contributed by atoms with Crippen molar-refractivity contribution >= 4 is 17.2 Å². The molecular weight excluding hydrogens is 244 g/mol. The van der Waals surface area contributed by atoms with E-state index in [4.69, 9.17) is 0 Å². The Hall–Kier alpha value is -0.870. The molecule has 0 aliphatic rings. The molecule has 0 spiro atoms. The molecule has 1 heterocycles. The first kappa shape index (κ1) is 15.2. The van der Waals surface area contributed by atoms with Crippen LogP contribution in [0.1, 0.15) is 51.5 Å². The van der Waals surface area contributed by atoms with Crippen LogP contribution in [0, 0.1) is 0 Å². The summed E-state index contributed by atoms with van der Waals surface area (Å²) < 4.78 is 0. The Kier molecular flexibility index (Phi) is 6.36. The highest BCUT2D eigenvalue weighted by Gasteiger charge is 2.18. The molecular formula is C14H24N2OS. The van der Waals surface area contributed by atoms with Gasteiger partial charge < -0.3 is 5.32 Å². The first-order valence-electron chi connectivity index (χ1n) is 6.68. The molecule has 1 rings (SSSR count). The van der Waals surface area contributed by atoms with Crippen molar-refractivity contribution in [1.29, 1.82) is 0 Å². The van der Waals surface area contributed by atoms with Gasteiger partial charge >= 0.3 is 0 Å². The smallest absolute Gasteiger partial charge is 0.237 e. The van der Waals surface area contributed by atoms with E-state index in [2.05, 4.69) is 42.9 Å². The molecule has 2 N–H and O–H groups in total. The van der Waals surface area contributed by atoms with Crippen LogP contribution < -0.4 is 10.6 Å². The van der Waals surface area contributed by atoms with E-state index in [9.17, 15) is 4.79 Å². The van der Waals surface area contributed by atoms with Crippen LogP contribution in [-0.2, 0) is 4.79 Å². The molecule has 18 heavy (non-hydrogen) atoms. The van der Waals surface area contributed by atoms with Gasteiger partial charge in [-0.15, -0.1) is 11.3 Å². The van der Waals surface area contributed by atoms with Crippen molar-refractivity contribution in [3.63, 3.8) is 0 Å². The molecule has 0 aromatic carbocycles. The zero-order valence-electron chi connectivity index (χ0n) is 11.7. The minimum Gasteiger partial charge on any atom is -0.352 e. The predicted molar refractivity (Wildman–Crippen MR) is 77.8 cm³/mol. The van der Waals surface area contributed by atoms with Crippen LogP contribution >= 0.6 is 11.3 Å². The standard InChI is InChI=1S/C14H24N2OS/c1-5-12(6-2)16-14(17)11(4)15-10(3)13-8-7-9-18-13/h7-12,15H,5-6H2,1-4H3,(H,16,17). The number of carbonyl (C=O) groups is 1. The van der Waals surface area contributed by atoms with E-state index in [1.807, 2.05) is 13.0 Å². The van der Waals surface area contributed by atoms with Gasteiger partial charge in [-0.3, -0.25) is 10.1 Å². The lowest BCUT2D eigenvalue weighted by Gasteiger charge is -2.22. The second kappa shape index (κ2) is 7.54. The van der Waals surface area contributed by atoms with Crippen molar-refractivity contribution in [3.8, 4) is 0 Å². The normalized spacial score (nSPS) is 14.5. The first-order chi connectivity index (χ1) is 8.58. The Morgan fingerprint density at radius 2 is 2.00 bits per heavy atom. The maximum absolute atomic E-state index is 12.0. The van der Waals surface area contributed by atoms with Gasteiger partial charge in [0.05, 0.1) is 6.04 Å². The zero-order chi connectivity index (χ0) is 13.5. The molecule has 0 fully saturated rings. The zero-order valence-corrected chi connectivity index (χ0v) is 12.5. The number of thiophene rings is 1. The van der Waals surface area contributed by atoms with E-state index in [1.54, 1.807) is 11.3 Å². The quantitative estimate of drug-likeness (QED) is 0.798. The van der Waals surface area contributed by atoms with Crippen molar-refractivity contribution in [3.05, 3.63) is 22.4 Å². The lowest BCUT2D eigenvalue weighted by atomic mass is 10.1. The summed E-state index contributed by atoms with van der Waals surface area (Å²) in [7, 11) is 0. The van der Waals surface area contributed by atoms with Crippen molar-refractivity contribution in [2.75, 3.05) is 0 Å². The summed E-state index contributed by atoms with van der Waals surface area (Å²) in [5.41, 5.74) is 0. The largest absolute Gasteiger partial charge is 0.352 e. The maximum Gasteiger partial charge on any atom is 0.237 e. The minimum absolute atomic E-state index is 0.0899. The third-order valence-electron chi connectivity index (χ3n) is 3.20. The molecule has 4 heteroatoms. The summed E-state index contributed by atoms with van der Waals surface area (Å²) in [5, 5.41) is 8.46. The number of rotatable bonds is 7. The highest BCUT2D eigenvalue weighted by atomic mass is 32.1. The van der Waals surface area contributed by atoms with E-state index >= 15 is 0 Å². The lowest BCUT2D eigenvalue weighted by Crippen LogP contribution is -2.46. The molecule has 0 radical (unpaired) electrons. The van der Waals surface area contributed by atoms with E-state index < -0.39 is 0 Å². The van der Waals surface area contributed by atoms with Crippen LogP contribution in [0.15, 0.2) is 17.5 Å². The Morgan fingerprint density at radius 3 is 2.50 bits per heavy atom. The number of amides is 1. The van der Waals surface area contributed by atoms with Crippen LogP contribution in [0.2, 0.25) is 0 Å². The second-order valence-corrected chi connectivity index (χ2v) is 5.63. The SMILES string of the molecule is CCC(CC)NC(=O)C(C)NC(C)c1cccs1. The summed E-state index contributed by atoms with van der Waals surface area (Å²) in [6.45, 7) is 8.20. The average molecular weight is 268 g/mol. The van der Waals surface area contributed by atoms with Gasteiger partial charge in [0.1, 0.15) is 0 Å². The van der Waals surface area contributed by atoms with E-state index in [1.165, 1.54) is 4.88 Å². The Labute approximate surface area is 114 Å². The summed E-state index contributed by atoms with van der Waals surface area (Å²) in [6, 6.07) is 4.47. The molecule has 0 saturated heterocycles. The molecule has 1 aromatic rings. The monoisotopic (exact) mass is 268 g/mol. The van der Waals surface area contributed by atoms with Crippen molar-refractivity contribution in [2.24, 2.45) is 0 Å². The maximum atomic E-state index is 12.0. The van der Waals surface area contributed by atoms with Crippen LogP contribution in [-0.4, -0.2) is 18.0 Å². The molecule has 1 amide bonds. The predicted octanol–water partition coefficient (Wildman–Crippen LogP) is 3.09. The van der Waals surface area contributed by atoms with E-state index in [-0.39, 0.29) is 18.0 Å². The van der Waals surface area contributed by atoms with Crippen molar-refractivity contribution in [2.45, 2.75) is 58.7 Å². The molecule has 2 atom stereocenters. The van der Waals surface area contributed by atoms with Gasteiger partial charge in [-0.1, -0.05) is 19.9 Å². The summed E-state index contributed by atoms with van der Waals surface area (Å²) >= 11 is 1.71. The topological polar surface area (TPSA) is 41.1 Å². The van der Waals surface area contributed by atoms with Crippen LogP contribution in [0.3, 0.4) is 0 Å². The Bertz CT molecular complexity index is 347. The van der Waals surface area contributed by atoms with Crippen LogP contribution in [0.25, 0.3) is 0 Å². The summed E-state index contributed by atoms with van der Waals surface area (Å²) in [6.07, 6.45) is 1.96. The van der Waals surface area contributed by atoms with Crippen molar-refractivity contribution < 1.29 is 4.79 Å². The second-order valence-electron chi connectivity index (χ2n) is 4.65. The number of hydrogen-bond donors (Lipinski definition) is 2. The fourth-order valence-corrected chi connectivity index (χ4v) is 2.63. The van der Waals surface area contributed by atoms with Gasteiger partial charge in [0.25, 0.3) is 0 Å². The molecule has 3 nitrogen and oxygen atoms in total. The van der Waals surface area contributed by atoms with E-state index in [0.717, 1.165) is 12.8 Å². The molecule has 0 saturated carbocycles.